The lowest BCUT2D eigenvalue weighted by Crippen LogP contribution is -2.20. The van der Waals surface area contributed by atoms with Gasteiger partial charge in [0.05, 0.1) is 5.54 Å². The van der Waals surface area contributed by atoms with Crippen LogP contribution >= 0.6 is 0 Å². The third-order valence-electron chi connectivity index (χ3n) is 4.57. The zero-order chi connectivity index (χ0) is 13.1. The van der Waals surface area contributed by atoms with Gasteiger partial charge in [0, 0.05) is 18.8 Å². The Morgan fingerprint density at radius 1 is 1.00 bits per heavy atom. The Morgan fingerprint density at radius 2 is 1.63 bits per heavy atom. The molecule has 0 amide bonds. The highest BCUT2D eigenvalue weighted by Gasteiger charge is 2.35. The van der Waals surface area contributed by atoms with E-state index in [1.165, 1.54) is 24.1 Å². The molecule has 1 aliphatic carbocycles. The fourth-order valence-corrected chi connectivity index (χ4v) is 3.47. The molecule has 1 heterocycles. The van der Waals surface area contributed by atoms with Crippen LogP contribution in [0.1, 0.15) is 44.1 Å². The molecule has 0 unspecified atom stereocenters. The van der Waals surface area contributed by atoms with Crippen molar-refractivity contribution in [2.45, 2.75) is 44.1 Å². The maximum Gasteiger partial charge on any atom is 0.235 e. The fraction of sp³-hybridized carbons (Fsp3) is 0.562. The lowest BCUT2D eigenvalue weighted by Gasteiger charge is -2.24. The largest absolute Gasteiger partial charge is 0.372 e. The molecule has 1 aromatic rings. The summed E-state index contributed by atoms with van der Waals surface area (Å²) in [6.45, 7) is 2.33. The number of benzene rings is 1. The van der Waals surface area contributed by atoms with E-state index in [0.29, 0.717) is 0 Å². The molecule has 0 bridgehead atoms. The number of nitrogens with zero attached hydrogens (tertiary/aromatic N) is 2. The van der Waals surface area contributed by atoms with E-state index >= 15 is 0 Å². The van der Waals surface area contributed by atoms with Gasteiger partial charge in [-0.2, -0.15) is 4.99 Å². The highest BCUT2D eigenvalue weighted by Crippen LogP contribution is 2.42. The van der Waals surface area contributed by atoms with E-state index < -0.39 is 0 Å². The first-order valence-electron chi connectivity index (χ1n) is 7.29. The van der Waals surface area contributed by atoms with E-state index in [2.05, 4.69) is 34.2 Å². The minimum atomic E-state index is -0.286. The molecule has 1 aliphatic heterocycles. The van der Waals surface area contributed by atoms with Crippen molar-refractivity contribution >= 4 is 11.8 Å². The van der Waals surface area contributed by atoms with Crippen LogP contribution in [0.4, 0.5) is 5.69 Å². The van der Waals surface area contributed by atoms with Gasteiger partial charge in [-0.15, -0.1) is 0 Å². The second kappa shape index (κ2) is 5.18. The summed E-state index contributed by atoms with van der Waals surface area (Å²) in [5, 5.41) is 0. The lowest BCUT2D eigenvalue weighted by molar-refractivity contribution is 0.456. The third kappa shape index (κ3) is 2.31. The summed E-state index contributed by atoms with van der Waals surface area (Å²) in [5.74, 6) is 0. The third-order valence-corrected chi connectivity index (χ3v) is 4.57. The SMILES string of the molecule is O=C=NC1(c2ccc(N3CCCC3)cc2)CCCC1. The zero-order valence-electron chi connectivity index (χ0n) is 11.3. The number of aliphatic imine (C=N–C) groups is 1. The molecule has 2 fully saturated rings. The minimum absolute atomic E-state index is 0.286. The molecule has 3 nitrogen and oxygen atoms in total. The molecular weight excluding hydrogens is 236 g/mol. The number of isocyanates is 1. The fourth-order valence-electron chi connectivity index (χ4n) is 3.47. The van der Waals surface area contributed by atoms with Crippen molar-refractivity contribution in [3.8, 4) is 0 Å². The van der Waals surface area contributed by atoms with Gasteiger partial charge in [-0.05, 0) is 43.4 Å². The Hall–Kier alpha value is -1.60. The van der Waals surface area contributed by atoms with Crippen molar-refractivity contribution in [2.75, 3.05) is 18.0 Å². The smallest absolute Gasteiger partial charge is 0.235 e. The molecule has 0 atom stereocenters. The second-order valence-electron chi connectivity index (χ2n) is 5.68. The van der Waals surface area contributed by atoms with Crippen LogP contribution in [0, 0.1) is 0 Å². The van der Waals surface area contributed by atoms with E-state index in [4.69, 9.17) is 0 Å². The first-order chi connectivity index (χ1) is 9.34. The van der Waals surface area contributed by atoms with E-state index in [0.717, 1.165) is 38.8 Å². The standard InChI is InChI=1S/C16H20N2O/c19-13-17-16(9-1-2-10-16)14-5-7-15(8-6-14)18-11-3-4-12-18/h5-8H,1-4,9-12H2. The van der Waals surface area contributed by atoms with E-state index in [9.17, 15) is 4.79 Å². The highest BCUT2D eigenvalue weighted by molar-refractivity contribution is 5.50. The van der Waals surface area contributed by atoms with Crippen molar-refractivity contribution in [1.29, 1.82) is 0 Å². The van der Waals surface area contributed by atoms with Crippen LogP contribution in [-0.4, -0.2) is 19.2 Å². The minimum Gasteiger partial charge on any atom is -0.372 e. The first-order valence-corrected chi connectivity index (χ1v) is 7.29. The van der Waals surface area contributed by atoms with Gasteiger partial charge in [-0.3, -0.25) is 0 Å². The summed E-state index contributed by atoms with van der Waals surface area (Å²) in [6, 6.07) is 8.67. The Labute approximate surface area is 114 Å². The molecular formula is C16H20N2O. The maximum atomic E-state index is 10.7. The van der Waals surface area contributed by atoms with Crippen molar-refractivity contribution in [2.24, 2.45) is 4.99 Å². The van der Waals surface area contributed by atoms with Crippen molar-refractivity contribution in [1.82, 2.24) is 0 Å². The summed E-state index contributed by atoms with van der Waals surface area (Å²) < 4.78 is 0. The first kappa shape index (κ1) is 12.4. The molecule has 1 aromatic carbocycles. The summed E-state index contributed by atoms with van der Waals surface area (Å²) in [6.07, 6.45) is 8.63. The van der Waals surface area contributed by atoms with Gasteiger partial charge < -0.3 is 4.90 Å². The van der Waals surface area contributed by atoms with Gasteiger partial charge >= 0.3 is 0 Å². The molecule has 0 radical (unpaired) electrons. The molecule has 0 N–H and O–H groups in total. The normalized spacial score (nSPS) is 21.4. The predicted octanol–water partition coefficient (Wildman–Crippen LogP) is 3.39. The van der Waals surface area contributed by atoms with Gasteiger partial charge in [0.1, 0.15) is 0 Å². The van der Waals surface area contributed by atoms with Gasteiger partial charge in [0.2, 0.25) is 6.08 Å². The van der Waals surface area contributed by atoms with Crippen LogP contribution in [0.15, 0.2) is 29.3 Å². The second-order valence-corrected chi connectivity index (χ2v) is 5.68. The number of hydrogen-bond acceptors (Lipinski definition) is 3. The molecule has 0 spiro atoms. The van der Waals surface area contributed by atoms with Gasteiger partial charge in [0.25, 0.3) is 0 Å². The number of hydrogen-bond donors (Lipinski definition) is 0. The molecule has 0 aromatic heterocycles. The molecule has 100 valence electrons. The summed E-state index contributed by atoms with van der Waals surface area (Å²) >= 11 is 0. The molecule has 3 heteroatoms. The summed E-state index contributed by atoms with van der Waals surface area (Å²) in [5.41, 5.74) is 2.19. The van der Waals surface area contributed by atoms with Crippen molar-refractivity contribution in [3.63, 3.8) is 0 Å². The molecule has 19 heavy (non-hydrogen) atoms. The van der Waals surface area contributed by atoms with Crippen LogP contribution in [0.25, 0.3) is 0 Å². The highest BCUT2D eigenvalue weighted by atomic mass is 16.1. The van der Waals surface area contributed by atoms with E-state index in [1.807, 2.05) is 0 Å². The predicted molar refractivity (Wildman–Crippen MR) is 76.2 cm³/mol. The van der Waals surface area contributed by atoms with Crippen molar-refractivity contribution in [3.05, 3.63) is 29.8 Å². The Morgan fingerprint density at radius 3 is 2.21 bits per heavy atom. The number of rotatable bonds is 3. The van der Waals surface area contributed by atoms with Gasteiger partial charge in [0.15, 0.2) is 0 Å². The zero-order valence-corrected chi connectivity index (χ0v) is 11.3. The lowest BCUT2D eigenvalue weighted by atomic mass is 9.89. The molecule has 1 saturated carbocycles. The number of carbonyl (C=O) groups excluding carboxylic acids is 1. The maximum absolute atomic E-state index is 10.7. The Balaban J connectivity index is 1.86. The molecule has 2 aliphatic rings. The monoisotopic (exact) mass is 256 g/mol. The summed E-state index contributed by atoms with van der Waals surface area (Å²) in [7, 11) is 0. The Bertz CT molecular complexity index is 476. The van der Waals surface area contributed by atoms with E-state index in [1.54, 1.807) is 6.08 Å². The molecule has 1 saturated heterocycles. The van der Waals surface area contributed by atoms with Crippen LogP contribution in [0.5, 0.6) is 0 Å². The quantitative estimate of drug-likeness (QED) is 0.613. The topological polar surface area (TPSA) is 32.7 Å². The van der Waals surface area contributed by atoms with Gasteiger partial charge in [-0.25, -0.2) is 4.79 Å². The van der Waals surface area contributed by atoms with E-state index in [-0.39, 0.29) is 5.54 Å². The average Bonchev–Trinajstić information content (AvgIpc) is 3.11. The van der Waals surface area contributed by atoms with Crippen LogP contribution in [0.3, 0.4) is 0 Å². The van der Waals surface area contributed by atoms with Crippen LogP contribution in [-0.2, 0) is 10.3 Å². The van der Waals surface area contributed by atoms with Crippen LogP contribution in [0.2, 0.25) is 0 Å². The number of anilines is 1. The average molecular weight is 256 g/mol. The van der Waals surface area contributed by atoms with Crippen molar-refractivity contribution < 1.29 is 4.79 Å². The van der Waals surface area contributed by atoms with Crippen LogP contribution < -0.4 is 4.90 Å². The Kier molecular flexibility index (Phi) is 3.39. The molecule has 3 rings (SSSR count). The van der Waals surface area contributed by atoms with Gasteiger partial charge in [-0.1, -0.05) is 25.0 Å². The summed E-state index contributed by atoms with van der Waals surface area (Å²) in [4.78, 5) is 17.3.